The maximum Gasteiger partial charge on any atom is 0.0576 e. The molecule has 1 aliphatic carbocycles. The summed E-state index contributed by atoms with van der Waals surface area (Å²) in [5, 5.41) is 3.70. The first kappa shape index (κ1) is 14.0. The minimum Gasteiger partial charge on any atom is -0.308 e. The summed E-state index contributed by atoms with van der Waals surface area (Å²) >= 11 is 3.46. The van der Waals surface area contributed by atoms with Crippen molar-refractivity contribution in [2.75, 3.05) is 6.54 Å². The molecule has 1 aromatic rings. The van der Waals surface area contributed by atoms with Crippen molar-refractivity contribution in [2.45, 2.75) is 51.5 Å². The Morgan fingerprint density at radius 2 is 2.11 bits per heavy atom. The molecule has 18 heavy (non-hydrogen) atoms. The SMILES string of the molecule is CCCNC(c1ccc(Br)cn1)C1CCCCC1. The maximum atomic E-state index is 4.60. The van der Waals surface area contributed by atoms with Gasteiger partial charge >= 0.3 is 0 Å². The molecule has 2 rings (SSSR count). The third-order valence-corrected chi connectivity index (χ3v) is 4.27. The van der Waals surface area contributed by atoms with Crippen LogP contribution >= 0.6 is 15.9 Å². The normalized spacial score (nSPS) is 18.8. The molecule has 0 saturated heterocycles. The van der Waals surface area contributed by atoms with E-state index in [1.54, 1.807) is 0 Å². The molecule has 1 fully saturated rings. The quantitative estimate of drug-likeness (QED) is 0.868. The third-order valence-electron chi connectivity index (χ3n) is 3.80. The fourth-order valence-electron chi connectivity index (χ4n) is 2.85. The largest absolute Gasteiger partial charge is 0.308 e. The molecule has 0 radical (unpaired) electrons. The molecule has 0 aliphatic heterocycles. The van der Waals surface area contributed by atoms with E-state index in [1.165, 1.54) is 44.2 Å². The van der Waals surface area contributed by atoms with E-state index >= 15 is 0 Å². The maximum absolute atomic E-state index is 4.60. The minimum absolute atomic E-state index is 0.443. The lowest BCUT2D eigenvalue weighted by atomic mass is 9.82. The molecule has 0 bridgehead atoms. The van der Waals surface area contributed by atoms with Crippen LogP contribution in [0.1, 0.15) is 57.2 Å². The summed E-state index contributed by atoms with van der Waals surface area (Å²) in [6.45, 7) is 3.30. The summed E-state index contributed by atoms with van der Waals surface area (Å²) in [6.07, 6.45) is 9.96. The number of hydrogen-bond acceptors (Lipinski definition) is 2. The van der Waals surface area contributed by atoms with E-state index in [2.05, 4.69) is 45.3 Å². The van der Waals surface area contributed by atoms with Gasteiger partial charge in [0, 0.05) is 10.7 Å². The highest BCUT2D eigenvalue weighted by atomic mass is 79.9. The molecule has 1 unspecified atom stereocenters. The molecule has 1 aromatic heterocycles. The Balaban J connectivity index is 2.10. The van der Waals surface area contributed by atoms with Gasteiger partial charge in [0.2, 0.25) is 0 Å². The summed E-state index contributed by atoms with van der Waals surface area (Å²) in [5.74, 6) is 0.763. The van der Waals surface area contributed by atoms with Crippen LogP contribution in [-0.2, 0) is 0 Å². The fourth-order valence-corrected chi connectivity index (χ4v) is 3.09. The van der Waals surface area contributed by atoms with Gasteiger partial charge in [-0.15, -0.1) is 0 Å². The first-order chi connectivity index (χ1) is 8.81. The first-order valence-electron chi connectivity index (χ1n) is 7.16. The van der Waals surface area contributed by atoms with Gasteiger partial charge in [0.25, 0.3) is 0 Å². The molecule has 100 valence electrons. The van der Waals surface area contributed by atoms with Crippen LogP contribution in [0.15, 0.2) is 22.8 Å². The molecular weight excluding hydrogens is 288 g/mol. The van der Waals surface area contributed by atoms with Crippen LogP contribution in [0.3, 0.4) is 0 Å². The van der Waals surface area contributed by atoms with Gasteiger partial charge < -0.3 is 5.32 Å². The number of halogens is 1. The van der Waals surface area contributed by atoms with Crippen LogP contribution in [0.5, 0.6) is 0 Å². The minimum atomic E-state index is 0.443. The Hall–Kier alpha value is -0.410. The van der Waals surface area contributed by atoms with E-state index in [1.807, 2.05) is 6.20 Å². The molecule has 1 heterocycles. The highest BCUT2D eigenvalue weighted by Crippen LogP contribution is 2.33. The molecule has 0 spiro atoms. The summed E-state index contributed by atoms with van der Waals surface area (Å²) in [4.78, 5) is 4.60. The average Bonchev–Trinajstić information content (AvgIpc) is 2.42. The molecule has 1 atom stereocenters. The second-order valence-electron chi connectivity index (χ2n) is 5.23. The van der Waals surface area contributed by atoms with E-state index in [9.17, 15) is 0 Å². The van der Waals surface area contributed by atoms with Gasteiger partial charge in [-0.25, -0.2) is 0 Å². The first-order valence-corrected chi connectivity index (χ1v) is 7.95. The molecule has 1 saturated carbocycles. The van der Waals surface area contributed by atoms with Crippen LogP contribution in [0, 0.1) is 5.92 Å². The molecule has 0 aromatic carbocycles. The molecule has 0 amide bonds. The molecule has 1 N–H and O–H groups in total. The third kappa shape index (κ3) is 3.79. The van der Waals surface area contributed by atoms with Gasteiger partial charge in [0.05, 0.1) is 11.7 Å². The van der Waals surface area contributed by atoms with Crippen molar-refractivity contribution in [3.8, 4) is 0 Å². The number of hydrogen-bond donors (Lipinski definition) is 1. The number of rotatable bonds is 5. The van der Waals surface area contributed by atoms with Crippen LogP contribution in [-0.4, -0.2) is 11.5 Å². The average molecular weight is 311 g/mol. The number of pyridine rings is 1. The van der Waals surface area contributed by atoms with Crippen LogP contribution in [0.25, 0.3) is 0 Å². The van der Waals surface area contributed by atoms with E-state index in [4.69, 9.17) is 0 Å². The Morgan fingerprint density at radius 1 is 1.33 bits per heavy atom. The Labute approximate surface area is 119 Å². The Bertz CT molecular complexity index is 344. The van der Waals surface area contributed by atoms with E-state index in [-0.39, 0.29) is 0 Å². The van der Waals surface area contributed by atoms with Gasteiger partial charge in [-0.1, -0.05) is 26.2 Å². The second-order valence-corrected chi connectivity index (χ2v) is 6.15. The highest BCUT2D eigenvalue weighted by molar-refractivity contribution is 9.10. The van der Waals surface area contributed by atoms with E-state index < -0.39 is 0 Å². The predicted molar refractivity (Wildman–Crippen MR) is 79.5 cm³/mol. The van der Waals surface area contributed by atoms with Crippen molar-refractivity contribution < 1.29 is 0 Å². The van der Waals surface area contributed by atoms with Crippen molar-refractivity contribution >= 4 is 15.9 Å². The molecular formula is C15H23BrN2. The molecule has 1 aliphatic rings. The standard InChI is InChI=1S/C15H23BrN2/c1-2-10-17-15(12-6-4-3-5-7-12)14-9-8-13(16)11-18-14/h8-9,11-12,15,17H,2-7,10H2,1H3. The van der Waals surface area contributed by atoms with Crippen molar-refractivity contribution in [2.24, 2.45) is 5.92 Å². The number of nitrogens with zero attached hydrogens (tertiary/aromatic N) is 1. The smallest absolute Gasteiger partial charge is 0.0576 e. The Morgan fingerprint density at radius 3 is 2.72 bits per heavy atom. The summed E-state index contributed by atoms with van der Waals surface area (Å²) in [5.41, 5.74) is 1.21. The fraction of sp³-hybridized carbons (Fsp3) is 0.667. The second kappa shape index (κ2) is 7.25. The lowest BCUT2D eigenvalue weighted by Gasteiger charge is -2.30. The van der Waals surface area contributed by atoms with Gasteiger partial charge in [-0.2, -0.15) is 0 Å². The van der Waals surface area contributed by atoms with Crippen LogP contribution < -0.4 is 5.32 Å². The number of nitrogens with one attached hydrogen (secondary N) is 1. The topological polar surface area (TPSA) is 24.9 Å². The zero-order chi connectivity index (χ0) is 12.8. The molecule has 3 heteroatoms. The lowest BCUT2D eigenvalue weighted by Crippen LogP contribution is -2.31. The van der Waals surface area contributed by atoms with Crippen molar-refractivity contribution in [1.29, 1.82) is 0 Å². The van der Waals surface area contributed by atoms with Gasteiger partial charge in [-0.3, -0.25) is 4.98 Å². The highest BCUT2D eigenvalue weighted by Gasteiger charge is 2.25. The summed E-state index contributed by atoms with van der Waals surface area (Å²) in [6, 6.07) is 4.70. The van der Waals surface area contributed by atoms with Gasteiger partial charge in [0.1, 0.15) is 0 Å². The predicted octanol–water partition coefficient (Wildman–Crippen LogP) is 4.47. The Kier molecular flexibility index (Phi) is 5.64. The van der Waals surface area contributed by atoms with E-state index in [0.29, 0.717) is 6.04 Å². The van der Waals surface area contributed by atoms with Crippen molar-refractivity contribution in [3.05, 3.63) is 28.5 Å². The summed E-state index contributed by atoms with van der Waals surface area (Å²) in [7, 11) is 0. The zero-order valence-corrected chi connectivity index (χ0v) is 12.7. The molecule has 2 nitrogen and oxygen atoms in total. The van der Waals surface area contributed by atoms with E-state index in [0.717, 1.165) is 16.9 Å². The van der Waals surface area contributed by atoms with Crippen LogP contribution in [0.4, 0.5) is 0 Å². The number of aromatic nitrogens is 1. The summed E-state index contributed by atoms with van der Waals surface area (Å²) < 4.78 is 1.06. The lowest BCUT2D eigenvalue weighted by molar-refractivity contribution is 0.268. The van der Waals surface area contributed by atoms with Crippen molar-refractivity contribution in [3.63, 3.8) is 0 Å². The van der Waals surface area contributed by atoms with Crippen LogP contribution in [0.2, 0.25) is 0 Å². The van der Waals surface area contributed by atoms with Gasteiger partial charge in [-0.05, 0) is 59.8 Å². The zero-order valence-electron chi connectivity index (χ0n) is 11.2. The van der Waals surface area contributed by atoms with Crippen molar-refractivity contribution in [1.82, 2.24) is 10.3 Å². The monoisotopic (exact) mass is 310 g/mol. The van der Waals surface area contributed by atoms with Gasteiger partial charge in [0.15, 0.2) is 0 Å².